The number of hydrogen-bond donors (Lipinski definition) is 2. The molecule has 2 aliphatic rings. The maximum atomic E-state index is 10.1. The number of ether oxygens (including phenoxy) is 1. The van der Waals surface area contributed by atoms with Crippen LogP contribution < -0.4 is 15.8 Å². The average Bonchev–Trinajstić information content (AvgIpc) is 3.16. The molecule has 1 saturated carbocycles. The topological polar surface area (TPSA) is 79.9 Å². The van der Waals surface area contributed by atoms with Crippen LogP contribution in [-0.4, -0.2) is 43.4 Å². The molecule has 0 aromatic heterocycles. The first kappa shape index (κ1) is 15.6. The minimum absolute atomic E-state index is 0.320. The Morgan fingerprint density at radius 3 is 2.78 bits per heavy atom. The number of piperidine rings is 1. The molecular weight excluding hydrogens is 292 g/mol. The molecule has 122 valence electrons. The molecule has 0 radical (unpaired) electrons. The van der Waals surface area contributed by atoms with Crippen LogP contribution in [0.25, 0.3) is 0 Å². The second-order valence-corrected chi connectivity index (χ2v) is 6.01. The Morgan fingerprint density at radius 1 is 1.35 bits per heavy atom. The van der Waals surface area contributed by atoms with Crippen LogP contribution in [0.5, 0.6) is 5.75 Å². The summed E-state index contributed by atoms with van der Waals surface area (Å²) < 4.78 is 5.77. The van der Waals surface area contributed by atoms with E-state index in [9.17, 15) is 4.79 Å². The van der Waals surface area contributed by atoms with Crippen molar-refractivity contribution in [2.24, 2.45) is 22.6 Å². The number of hydrogen-bond acceptors (Lipinski definition) is 4. The van der Waals surface area contributed by atoms with Crippen LogP contribution in [0.15, 0.2) is 41.5 Å². The molecule has 1 heterocycles. The lowest BCUT2D eigenvalue weighted by atomic mass is 10.3. The molecule has 1 saturated heterocycles. The molecule has 0 spiro atoms. The van der Waals surface area contributed by atoms with Crippen molar-refractivity contribution in [1.82, 2.24) is 10.2 Å². The van der Waals surface area contributed by atoms with Gasteiger partial charge >= 0.3 is 0 Å². The van der Waals surface area contributed by atoms with Crippen LogP contribution in [-0.2, 0) is 4.79 Å². The summed E-state index contributed by atoms with van der Waals surface area (Å²) in [5.74, 6) is 3.09. The second kappa shape index (κ2) is 7.28. The van der Waals surface area contributed by atoms with E-state index >= 15 is 0 Å². The molecule has 23 heavy (non-hydrogen) atoms. The smallest absolute Gasteiger partial charge is 0.211 e. The van der Waals surface area contributed by atoms with E-state index in [4.69, 9.17) is 10.5 Å². The van der Waals surface area contributed by atoms with Gasteiger partial charge in [-0.15, -0.1) is 0 Å². The Labute approximate surface area is 136 Å². The zero-order valence-corrected chi connectivity index (χ0v) is 13.0. The number of benzene rings is 1. The third kappa shape index (κ3) is 4.56. The van der Waals surface area contributed by atoms with E-state index in [0.29, 0.717) is 18.9 Å². The predicted octanol–water partition coefficient (Wildman–Crippen LogP) is 1.27. The number of fused-ring (bicyclic) bond motifs is 1. The monoisotopic (exact) mass is 314 g/mol. The van der Waals surface area contributed by atoms with Crippen molar-refractivity contribution in [3.63, 3.8) is 0 Å². The van der Waals surface area contributed by atoms with Crippen LogP contribution in [0.3, 0.4) is 0 Å². The van der Waals surface area contributed by atoms with Gasteiger partial charge in [-0.25, -0.2) is 4.99 Å². The van der Waals surface area contributed by atoms with Gasteiger partial charge in [0.25, 0.3) is 0 Å². The number of amides is 1. The highest BCUT2D eigenvalue weighted by molar-refractivity contribution is 5.93. The van der Waals surface area contributed by atoms with Crippen LogP contribution >= 0.6 is 0 Å². The molecule has 0 bridgehead atoms. The summed E-state index contributed by atoms with van der Waals surface area (Å²) in [6, 6.07) is 7.49. The zero-order chi connectivity index (χ0) is 16.1. The van der Waals surface area contributed by atoms with Crippen molar-refractivity contribution in [1.29, 1.82) is 0 Å². The number of carbonyl (C=O) groups excluding carboxylic acids is 1. The summed E-state index contributed by atoms with van der Waals surface area (Å²) in [5.41, 5.74) is 6.46. The van der Waals surface area contributed by atoms with E-state index in [1.807, 2.05) is 24.3 Å². The van der Waals surface area contributed by atoms with Gasteiger partial charge in [-0.1, -0.05) is 0 Å². The zero-order valence-electron chi connectivity index (χ0n) is 13.0. The number of nitrogens with one attached hydrogen (secondary N) is 1. The fourth-order valence-corrected chi connectivity index (χ4v) is 2.95. The third-order valence-corrected chi connectivity index (χ3v) is 4.24. The maximum absolute atomic E-state index is 10.1. The number of likely N-dealkylation sites (tertiary alicyclic amines) is 1. The number of nitrogens with zero attached hydrogens (tertiary/aromatic N) is 2. The van der Waals surface area contributed by atoms with Crippen LogP contribution in [0.4, 0.5) is 5.69 Å². The van der Waals surface area contributed by atoms with Crippen LogP contribution in [0.1, 0.15) is 6.42 Å². The van der Waals surface area contributed by atoms with Gasteiger partial charge in [-0.2, -0.15) is 0 Å². The average molecular weight is 314 g/mol. The Balaban J connectivity index is 1.43. The number of rotatable bonds is 8. The van der Waals surface area contributed by atoms with Gasteiger partial charge in [0.1, 0.15) is 18.2 Å². The minimum atomic E-state index is 0.320. The van der Waals surface area contributed by atoms with E-state index < -0.39 is 0 Å². The van der Waals surface area contributed by atoms with E-state index in [1.54, 1.807) is 0 Å². The number of aliphatic imine (C=N–C) groups is 1. The Bertz CT molecular complexity index is 587. The fraction of sp³-hybridized carbons (Fsp3) is 0.412. The fourth-order valence-electron chi connectivity index (χ4n) is 2.95. The first-order valence-electron chi connectivity index (χ1n) is 7.90. The van der Waals surface area contributed by atoms with Crippen molar-refractivity contribution >= 4 is 17.9 Å². The normalized spacial score (nSPS) is 23.7. The Hall–Kier alpha value is -2.34. The number of carbonyl (C=O) groups is 1. The summed E-state index contributed by atoms with van der Waals surface area (Å²) in [5, 5.41) is 2.38. The summed E-state index contributed by atoms with van der Waals surface area (Å²) in [6.07, 6.45) is 4.97. The molecule has 2 unspecified atom stereocenters. The lowest BCUT2D eigenvalue weighted by Crippen LogP contribution is -2.27. The first-order chi connectivity index (χ1) is 11.2. The summed E-state index contributed by atoms with van der Waals surface area (Å²) >= 11 is 0. The molecule has 1 amide bonds. The predicted molar refractivity (Wildman–Crippen MR) is 89.6 cm³/mol. The highest BCUT2D eigenvalue weighted by Crippen LogP contribution is 2.44. The molecule has 3 N–H and O–H groups in total. The SMILES string of the molecule is NC(/C=C\NC=O)=N/c1ccc(OCCN2CC3CC3C2)cc1. The minimum Gasteiger partial charge on any atom is -0.492 e. The van der Waals surface area contributed by atoms with Crippen molar-refractivity contribution in [3.05, 3.63) is 36.5 Å². The summed E-state index contributed by atoms with van der Waals surface area (Å²) in [4.78, 5) is 16.8. The largest absolute Gasteiger partial charge is 0.492 e. The molecule has 2 fully saturated rings. The van der Waals surface area contributed by atoms with Crippen LogP contribution in [0.2, 0.25) is 0 Å². The molecule has 6 heteroatoms. The molecular formula is C17H22N4O2. The van der Waals surface area contributed by atoms with Gasteiger partial charge in [0, 0.05) is 25.8 Å². The van der Waals surface area contributed by atoms with Crippen molar-refractivity contribution in [3.8, 4) is 5.75 Å². The standard InChI is InChI=1S/C17H22N4O2/c18-17(5-6-19-12-22)20-15-1-3-16(4-2-15)23-8-7-21-10-13-9-14(13)11-21/h1-6,12-14H,7-11H2,(H2,18,20)(H,19,22)/b6-5-. The van der Waals surface area contributed by atoms with Gasteiger partial charge in [0.2, 0.25) is 6.41 Å². The summed E-state index contributed by atoms with van der Waals surface area (Å²) in [7, 11) is 0. The molecule has 2 atom stereocenters. The van der Waals surface area contributed by atoms with Gasteiger partial charge in [-0.3, -0.25) is 9.69 Å². The van der Waals surface area contributed by atoms with Gasteiger partial charge in [0.15, 0.2) is 0 Å². The van der Waals surface area contributed by atoms with Crippen LogP contribution in [0, 0.1) is 11.8 Å². The first-order valence-corrected chi connectivity index (χ1v) is 7.90. The molecule has 1 aromatic rings. The molecule has 1 aromatic carbocycles. The van der Waals surface area contributed by atoms with Gasteiger partial charge < -0.3 is 15.8 Å². The second-order valence-electron chi connectivity index (χ2n) is 6.01. The summed E-state index contributed by atoms with van der Waals surface area (Å²) in [6.45, 7) is 4.19. The van der Waals surface area contributed by atoms with Crippen molar-refractivity contribution in [2.45, 2.75) is 6.42 Å². The highest BCUT2D eigenvalue weighted by atomic mass is 16.5. The third-order valence-electron chi connectivity index (χ3n) is 4.24. The molecule has 1 aliphatic carbocycles. The van der Waals surface area contributed by atoms with Gasteiger partial charge in [0.05, 0.1) is 5.69 Å². The quantitative estimate of drug-likeness (QED) is 0.430. The van der Waals surface area contributed by atoms with E-state index in [0.717, 1.165) is 29.8 Å². The molecule has 6 nitrogen and oxygen atoms in total. The maximum Gasteiger partial charge on any atom is 0.211 e. The lowest BCUT2D eigenvalue weighted by Gasteiger charge is -2.17. The Kier molecular flexibility index (Phi) is 4.92. The Morgan fingerprint density at radius 2 is 2.09 bits per heavy atom. The van der Waals surface area contributed by atoms with Crippen molar-refractivity contribution in [2.75, 3.05) is 26.2 Å². The van der Waals surface area contributed by atoms with E-state index in [-0.39, 0.29) is 0 Å². The molecule has 3 rings (SSSR count). The van der Waals surface area contributed by atoms with E-state index in [1.165, 1.54) is 31.8 Å². The van der Waals surface area contributed by atoms with Crippen molar-refractivity contribution < 1.29 is 9.53 Å². The number of amidine groups is 1. The molecule has 1 aliphatic heterocycles. The number of nitrogens with two attached hydrogens (primary N) is 1. The lowest BCUT2D eigenvalue weighted by molar-refractivity contribution is -0.108. The highest BCUT2D eigenvalue weighted by Gasteiger charge is 2.44. The van der Waals surface area contributed by atoms with E-state index in [2.05, 4.69) is 15.2 Å². The van der Waals surface area contributed by atoms with Gasteiger partial charge in [-0.05, 0) is 48.6 Å².